The molecule has 29 heavy (non-hydrogen) atoms. The van der Waals surface area contributed by atoms with Gasteiger partial charge in [-0.3, -0.25) is 0 Å². The number of hydrogen-bond acceptors (Lipinski definition) is 5. The molecule has 0 aliphatic heterocycles. The third kappa shape index (κ3) is 4.73. The van der Waals surface area contributed by atoms with E-state index in [1.165, 1.54) is 0 Å². The quantitative estimate of drug-likeness (QED) is 0.580. The zero-order valence-electron chi connectivity index (χ0n) is 16.8. The lowest BCUT2D eigenvalue weighted by molar-refractivity contribution is 0.580. The van der Waals surface area contributed by atoms with Gasteiger partial charge in [0.2, 0.25) is 10.0 Å². The molecule has 150 valence electrons. The topological polar surface area (TPSA) is 94.9 Å². The number of pyridine rings is 1. The second kappa shape index (κ2) is 8.60. The van der Waals surface area contributed by atoms with Crippen LogP contribution in [0.25, 0.3) is 10.9 Å². The molecular formula is C22H24N4O2S. The Balaban J connectivity index is 1.63. The molecule has 0 bridgehead atoms. The van der Waals surface area contributed by atoms with E-state index < -0.39 is 10.0 Å². The Morgan fingerprint density at radius 3 is 2.45 bits per heavy atom. The first-order chi connectivity index (χ1) is 13.8. The number of nitrogens with zero attached hydrogens (tertiary/aromatic N) is 2. The van der Waals surface area contributed by atoms with Crippen molar-refractivity contribution in [2.75, 3.05) is 18.4 Å². The highest BCUT2D eigenvalue weighted by Gasteiger charge is 2.13. The van der Waals surface area contributed by atoms with Gasteiger partial charge in [-0.2, -0.15) is 5.26 Å². The minimum atomic E-state index is -3.52. The SMILES string of the molecule is Cc1ccc(S(=O)(=O)NCCCNc2nc3c(C)c(C)ccc3cc2C#N)cc1. The number of aromatic nitrogens is 1. The first kappa shape index (κ1) is 20.8. The summed E-state index contributed by atoms with van der Waals surface area (Å²) in [5.41, 5.74) is 4.58. The molecule has 6 nitrogen and oxygen atoms in total. The zero-order chi connectivity index (χ0) is 21.0. The molecule has 0 aliphatic carbocycles. The van der Waals surface area contributed by atoms with Gasteiger partial charge in [-0.1, -0.05) is 29.8 Å². The highest BCUT2D eigenvalue weighted by molar-refractivity contribution is 7.89. The van der Waals surface area contributed by atoms with Gasteiger partial charge in [-0.15, -0.1) is 0 Å². The summed E-state index contributed by atoms with van der Waals surface area (Å²) in [6.45, 7) is 6.74. The predicted octanol–water partition coefficient (Wildman–Crippen LogP) is 3.81. The van der Waals surface area contributed by atoms with Crippen LogP contribution in [0.4, 0.5) is 5.82 Å². The Labute approximate surface area is 171 Å². The molecule has 1 aromatic heterocycles. The van der Waals surface area contributed by atoms with E-state index in [4.69, 9.17) is 0 Å². The number of rotatable bonds is 7. The molecule has 1 heterocycles. The van der Waals surface area contributed by atoms with E-state index in [1.807, 2.05) is 39.0 Å². The van der Waals surface area contributed by atoms with Crippen molar-refractivity contribution in [3.63, 3.8) is 0 Å². The lowest BCUT2D eigenvalue weighted by Crippen LogP contribution is -2.26. The van der Waals surface area contributed by atoms with E-state index >= 15 is 0 Å². The van der Waals surface area contributed by atoms with Crippen molar-refractivity contribution in [3.8, 4) is 6.07 Å². The van der Waals surface area contributed by atoms with E-state index in [9.17, 15) is 13.7 Å². The van der Waals surface area contributed by atoms with Crippen LogP contribution in [0, 0.1) is 32.1 Å². The van der Waals surface area contributed by atoms with Crippen LogP contribution in [0.1, 0.15) is 28.7 Å². The van der Waals surface area contributed by atoms with Crippen LogP contribution in [0.5, 0.6) is 0 Å². The monoisotopic (exact) mass is 408 g/mol. The largest absolute Gasteiger partial charge is 0.369 e. The fourth-order valence-corrected chi connectivity index (χ4v) is 4.08. The molecule has 2 aromatic carbocycles. The van der Waals surface area contributed by atoms with Gasteiger partial charge in [0.05, 0.1) is 16.0 Å². The minimum Gasteiger partial charge on any atom is -0.369 e. The molecule has 7 heteroatoms. The average molecular weight is 409 g/mol. The van der Waals surface area contributed by atoms with E-state index in [0.29, 0.717) is 24.3 Å². The highest BCUT2D eigenvalue weighted by atomic mass is 32.2. The molecule has 0 unspecified atom stereocenters. The van der Waals surface area contributed by atoms with Crippen molar-refractivity contribution < 1.29 is 8.42 Å². The standard InChI is InChI=1S/C22H24N4O2S/c1-15-5-9-20(10-6-15)29(27,28)25-12-4-11-24-22-19(14-23)13-18-8-7-16(2)17(3)21(18)26-22/h5-10,13,25H,4,11-12H2,1-3H3,(H,24,26). The predicted molar refractivity (Wildman–Crippen MR) is 115 cm³/mol. The van der Waals surface area contributed by atoms with Gasteiger partial charge in [0.1, 0.15) is 11.9 Å². The van der Waals surface area contributed by atoms with Crippen molar-refractivity contribution in [3.05, 3.63) is 64.7 Å². The van der Waals surface area contributed by atoms with E-state index in [1.54, 1.807) is 24.3 Å². The lowest BCUT2D eigenvalue weighted by Gasteiger charge is -2.12. The van der Waals surface area contributed by atoms with Crippen LogP contribution in [-0.4, -0.2) is 26.5 Å². The first-order valence-electron chi connectivity index (χ1n) is 9.43. The maximum atomic E-state index is 12.3. The van der Waals surface area contributed by atoms with Gasteiger partial charge in [0.25, 0.3) is 0 Å². The van der Waals surface area contributed by atoms with Crippen LogP contribution in [-0.2, 0) is 10.0 Å². The summed E-state index contributed by atoms with van der Waals surface area (Å²) in [6, 6.07) is 14.7. The fraction of sp³-hybridized carbons (Fsp3) is 0.273. The Kier molecular flexibility index (Phi) is 6.16. The van der Waals surface area contributed by atoms with Crippen LogP contribution >= 0.6 is 0 Å². The normalized spacial score (nSPS) is 11.4. The van der Waals surface area contributed by atoms with Crippen LogP contribution < -0.4 is 10.0 Å². The number of fused-ring (bicyclic) bond motifs is 1. The van der Waals surface area contributed by atoms with Crippen LogP contribution in [0.2, 0.25) is 0 Å². The smallest absolute Gasteiger partial charge is 0.240 e. The number of nitriles is 1. The summed E-state index contributed by atoms with van der Waals surface area (Å²) in [7, 11) is -3.52. The molecule has 0 fully saturated rings. The number of anilines is 1. The van der Waals surface area contributed by atoms with Gasteiger partial charge in [-0.05, 0) is 56.5 Å². The van der Waals surface area contributed by atoms with Gasteiger partial charge in [0, 0.05) is 18.5 Å². The van der Waals surface area contributed by atoms with E-state index in [-0.39, 0.29) is 11.4 Å². The number of aryl methyl sites for hydroxylation is 3. The highest BCUT2D eigenvalue weighted by Crippen LogP contribution is 2.24. The van der Waals surface area contributed by atoms with Gasteiger partial charge in [0.15, 0.2) is 0 Å². The second-order valence-corrected chi connectivity index (χ2v) is 8.83. The minimum absolute atomic E-state index is 0.255. The number of sulfonamides is 1. The number of nitrogens with one attached hydrogen (secondary N) is 2. The summed E-state index contributed by atoms with van der Waals surface area (Å²) in [5.74, 6) is 0.523. The van der Waals surface area contributed by atoms with Gasteiger partial charge < -0.3 is 5.32 Å². The Bertz CT molecular complexity index is 1180. The molecule has 3 aromatic rings. The van der Waals surface area contributed by atoms with Gasteiger partial charge in [-0.25, -0.2) is 18.1 Å². The summed E-state index contributed by atoms with van der Waals surface area (Å²) >= 11 is 0. The molecule has 2 N–H and O–H groups in total. The first-order valence-corrected chi connectivity index (χ1v) is 10.9. The van der Waals surface area contributed by atoms with Crippen molar-refractivity contribution in [2.45, 2.75) is 32.1 Å². The molecule has 0 saturated heterocycles. The van der Waals surface area contributed by atoms with E-state index in [2.05, 4.69) is 21.1 Å². The van der Waals surface area contributed by atoms with Crippen molar-refractivity contribution in [1.29, 1.82) is 5.26 Å². The Morgan fingerprint density at radius 1 is 1.03 bits per heavy atom. The third-order valence-corrected chi connectivity index (χ3v) is 6.38. The summed E-state index contributed by atoms with van der Waals surface area (Å²) in [5, 5.41) is 13.5. The van der Waals surface area contributed by atoms with Crippen molar-refractivity contribution in [2.24, 2.45) is 0 Å². The van der Waals surface area contributed by atoms with Crippen LogP contribution in [0.3, 0.4) is 0 Å². The molecular weight excluding hydrogens is 384 g/mol. The number of benzene rings is 2. The maximum absolute atomic E-state index is 12.3. The maximum Gasteiger partial charge on any atom is 0.240 e. The number of hydrogen-bond donors (Lipinski definition) is 2. The molecule has 3 rings (SSSR count). The van der Waals surface area contributed by atoms with Crippen molar-refractivity contribution in [1.82, 2.24) is 9.71 Å². The Morgan fingerprint density at radius 2 is 1.76 bits per heavy atom. The summed E-state index contributed by atoms with van der Waals surface area (Å²) in [4.78, 5) is 4.89. The molecule has 0 radical (unpaired) electrons. The molecule has 0 atom stereocenters. The second-order valence-electron chi connectivity index (χ2n) is 7.07. The van der Waals surface area contributed by atoms with Crippen molar-refractivity contribution >= 4 is 26.7 Å². The van der Waals surface area contributed by atoms with E-state index in [0.717, 1.165) is 27.6 Å². The molecule has 0 spiro atoms. The average Bonchev–Trinajstić information content (AvgIpc) is 2.70. The van der Waals surface area contributed by atoms with Gasteiger partial charge >= 0.3 is 0 Å². The molecule has 0 saturated carbocycles. The summed E-state index contributed by atoms with van der Waals surface area (Å²) in [6.07, 6.45) is 0.558. The molecule has 0 amide bonds. The van der Waals surface area contributed by atoms with Crippen LogP contribution in [0.15, 0.2) is 47.4 Å². The Hall–Kier alpha value is -2.95. The third-order valence-electron chi connectivity index (χ3n) is 4.90. The molecule has 0 aliphatic rings. The zero-order valence-corrected chi connectivity index (χ0v) is 17.6. The summed E-state index contributed by atoms with van der Waals surface area (Å²) < 4.78 is 27.2. The lowest BCUT2D eigenvalue weighted by atomic mass is 10.0. The fourth-order valence-electron chi connectivity index (χ4n) is 3.01.